The third-order valence-corrected chi connectivity index (χ3v) is 8.01. The molecule has 0 aromatic heterocycles. The molecule has 1 heterocycles. The fourth-order valence-electron chi connectivity index (χ4n) is 4.43. The molecule has 0 radical (unpaired) electrons. The van der Waals surface area contributed by atoms with Crippen LogP contribution in [-0.4, -0.2) is 49.1 Å². The van der Waals surface area contributed by atoms with Crippen LogP contribution in [0.2, 0.25) is 10.0 Å². The third kappa shape index (κ3) is 8.10. The number of likely N-dealkylation sites (tertiary alicyclic amines) is 1. The van der Waals surface area contributed by atoms with Crippen molar-refractivity contribution in [1.82, 2.24) is 15.5 Å². The zero-order valence-corrected chi connectivity index (χ0v) is 23.1. The van der Waals surface area contributed by atoms with Crippen molar-refractivity contribution in [3.8, 4) is 0 Å². The second-order valence-electron chi connectivity index (χ2n) is 9.88. The maximum atomic E-state index is 13.5. The monoisotopic (exact) mass is 588 g/mol. The number of carbonyl (C=O) groups excluding carboxylic acids is 2. The SMILES string of the molecule is CC1CC(CNC(=O)NC2CC2)CN(C(=O)CN(Sc2ccc(Cl)cc2)c2cc(C(F)(F)F)ccc2Cl)C1. The molecule has 2 fully saturated rings. The molecule has 1 aliphatic heterocycles. The van der Waals surface area contributed by atoms with Crippen LogP contribution in [0.4, 0.5) is 23.7 Å². The number of halogens is 5. The zero-order valence-electron chi connectivity index (χ0n) is 20.7. The fraction of sp³-hybridized carbons (Fsp3) is 0.462. The first-order chi connectivity index (χ1) is 18.0. The molecule has 12 heteroatoms. The molecule has 1 saturated carbocycles. The van der Waals surface area contributed by atoms with Crippen molar-refractivity contribution in [3.63, 3.8) is 0 Å². The molecule has 2 N–H and O–H groups in total. The molecule has 2 unspecified atom stereocenters. The van der Waals surface area contributed by atoms with Crippen molar-refractivity contribution >= 4 is 52.8 Å². The molecule has 1 saturated heterocycles. The van der Waals surface area contributed by atoms with Gasteiger partial charge in [-0.1, -0.05) is 30.1 Å². The number of urea groups is 1. The highest BCUT2D eigenvalue weighted by molar-refractivity contribution is 8.00. The van der Waals surface area contributed by atoms with E-state index in [0.717, 1.165) is 43.3 Å². The molecule has 1 aliphatic carbocycles. The quantitative estimate of drug-likeness (QED) is 0.347. The van der Waals surface area contributed by atoms with Crippen LogP contribution < -0.4 is 14.9 Å². The Hall–Kier alpha value is -2.30. The van der Waals surface area contributed by atoms with Gasteiger partial charge in [-0.2, -0.15) is 13.2 Å². The molecule has 206 valence electrons. The first-order valence-electron chi connectivity index (χ1n) is 12.4. The summed E-state index contributed by atoms with van der Waals surface area (Å²) in [5.74, 6) is 0.0431. The lowest BCUT2D eigenvalue weighted by Gasteiger charge is -2.38. The van der Waals surface area contributed by atoms with Crippen molar-refractivity contribution in [2.45, 2.75) is 43.3 Å². The van der Waals surface area contributed by atoms with Crippen LogP contribution in [0.1, 0.15) is 31.7 Å². The Morgan fingerprint density at radius 1 is 1.11 bits per heavy atom. The van der Waals surface area contributed by atoms with Crippen LogP contribution in [0.5, 0.6) is 0 Å². The maximum absolute atomic E-state index is 13.5. The van der Waals surface area contributed by atoms with E-state index in [1.807, 2.05) is 6.92 Å². The summed E-state index contributed by atoms with van der Waals surface area (Å²) in [6, 6.07) is 9.91. The molecule has 38 heavy (non-hydrogen) atoms. The number of hydrogen-bond acceptors (Lipinski definition) is 4. The van der Waals surface area contributed by atoms with Crippen molar-refractivity contribution in [2.75, 3.05) is 30.5 Å². The van der Waals surface area contributed by atoms with E-state index in [4.69, 9.17) is 23.2 Å². The normalized spacial score (nSPS) is 19.7. The number of rotatable bonds is 8. The molecule has 0 bridgehead atoms. The van der Waals surface area contributed by atoms with Gasteiger partial charge in [0, 0.05) is 35.6 Å². The van der Waals surface area contributed by atoms with Crippen molar-refractivity contribution in [2.24, 2.45) is 11.8 Å². The number of nitrogens with one attached hydrogen (secondary N) is 2. The van der Waals surface area contributed by atoms with Gasteiger partial charge in [0.2, 0.25) is 5.91 Å². The second kappa shape index (κ2) is 12.3. The number of nitrogens with zero attached hydrogens (tertiary/aromatic N) is 2. The van der Waals surface area contributed by atoms with Gasteiger partial charge in [0.05, 0.1) is 16.3 Å². The lowest BCUT2D eigenvalue weighted by atomic mass is 9.90. The summed E-state index contributed by atoms with van der Waals surface area (Å²) in [5.41, 5.74) is -0.761. The van der Waals surface area contributed by atoms with Gasteiger partial charge in [-0.05, 0) is 85.5 Å². The van der Waals surface area contributed by atoms with Gasteiger partial charge >= 0.3 is 12.2 Å². The summed E-state index contributed by atoms with van der Waals surface area (Å²) in [6.07, 6.45) is -1.71. The lowest BCUT2D eigenvalue weighted by Crippen LogP contribution is -2.49. The molecule has 3 amide bonds. The fourth-order valence-corrected chi connectivity index (χ4v) is 5.76. The summed E-state index contributed by atoms with van der Waals surface area (Å²) in [4.78, 5) is 27.9. The molecule has 2 atom stereocenters. The Bertz CT molecular complexity index is 1150. The third-order valence-electron chi connectivity index (χ3n) is 6.41. The van der Waals surface area contributed by atoms with E-state index in [0.29, 0.717) is 29.6 Å². The minimum absolute atomic E-state index is 0.0715. The average Bonchev–Trinajstić information content (AvgIpc) is 3.67. The number of piperidine rings is 1. The van der Waals surface area contributed by atoms with Crippen LogP contribution in [0.15, 0.2) is 47.4 Å². The molecule has 0 spiro atoms. The van der Waals surface area contributed by atoms with Crippen LogP contribution in [0, 0.1) is 11.8 Å². The average molecular weight is 590 g/mol. The van der Waals surface area contributed by atoms with Crippen molar-refractivity contribution in [1.29, 1.82) is 0 Å². The Kier molecular flexibility index (Phi) is 9.26. The topological polar surface area (TPSA) is 64.7 Å². The van der Waals surface area contributed by atoms with Gasteiger partial charge in [-0.3, -0.25) is 4.79 Å². The van der Waals surface area contributed by atoms with Gasteiger partial charge in [0.15, 0.2) is 0 Å². The maximum Gasteiger partial charge on any atom is 0.416 e. The van der Waals surface area contributed by atoms with E-state index in [1.165, 1.54) is 10.4 Å². The predicted octanol–water partition coefficient (Wildman–Crippen LogP) is 6.47. The Labute approximate surface area is 234 Å². The highest BCUT2D eigenvalue weighted by Gasteiger charge is 2.33. The zero-order chi connectivity index (χ0) is 27.4. The Balaban J connectivity index is 1.49. The minimum atomic E-state index is -4.56. The summed E-state index contributed by atoms with van der Waals surface area (Å²) < 4.78 is 41.9. The van der Waals surface area contributed by atoms with E-state index < -0.39 is 11.7 Å². The first-order valence-corrected chi connectivity index (χ1v) is 13.9. The van der Waals surface area contributed by atoms with Crippen molar-refractivity contribution in [3.05, 3.63) is 58.1 Å². The number of alkyl halides is 3. The molecule has 2 aromatic carbocycles. The van der Waals surface area contributed by atoms with Gasteiger partial charge in [-0.25, -0.2) is 4.79 Å². The minimum Gasteiger partial charge on any atom is -0.341 e. The molecule has 4 rings (SSSR count). The molecular weight excluding hydrogens is 560 g/mol. The van der Waals surface area contributed by atoms with Gasteiger partial charge in [-0.15, -0.1) is 0 Å². The highest BCUT2D eigenvalue weighted by atomic mass is 35.5. The number of hydrogen-bond donors (Lipinski definition) is 2. The van der Waals surface area contributed by atoms with Crippen molar-refractivity contribution < 1.29 is 22.8 Å². The summed E-state index contributed by atoms with van der Waals surface area (Å²) >= 11 is 13.4. The van der Waals surface area contributed by atoms with E-state index in [-0.39, 0.29) is 47.1 Å². The smallest absolute Gasteiger partial charge is 0.341 e. The largest absolute Gasteiger partial charge is 0.416 e. The number of benzene rings is 2. The van der Waals surface area contributed by atoms with Gasteiger partial charge < -0.3 is 19.8 Å². The Morgan fingerprint density at radius 2 is 1.82 bits per heavy atom. The van der Waals surface area contributed by atoms with Crippen LogP contribution in [0.25, 0.3) is 0 Å². The van der Waals surface area contributed by atoms with Crippen LogP contribution in [-0.2, 0) is 11.0 Å². The number of amides is 3. The highest BCUT2D eigenvalue weighted by Crippen LogP contribution is 2.39. The second-order valence-corrected chi connectivity index (χ2v) is 11.8. The summed E-state index contributed by atoms with van der Waals surface area (Å²) in [7, 11) is 0. The lowest BCUT2D eigenvalue weighted by molar-refractivity contribution is -0.137. The standard InChI is InChI=1S/C26H29Cl2F3N4O2S/c1-16-10-17(12-32-25(37)33-20-5-6-20)14-34(13-16)24(36)15-35(38-21-7-3-19(27)4-8-21)23-11-18(26(29,30)31)2-9-22(23)28/h2-4,7-9,11,16-17,20H,5-6,10,12-15H2,1H3,(H2,32,33,37). The number of anilines is 1. The summed E-state index contributed by atoms with van der Waals surface area (Å²) in [6.45, 7) is 3.27. The Morgan fingerprint density at radius 3 is 2.47 bits per heavy atom. The molecule has 6 nitrogen and oxygen atoms in total. The van der Waals surface area contributed by atoms with Crippen LogP contribution in [0.3, 0.4) is 0 Å². The van der Waals surface area contributed by atoms with E-state index in [1.54, 1.807) is 29.2 Å². The number of carbonyl (C=O) groups is 2. The van der Waals surface area contributed by atoms with Gasteiger partial charge in [0.25, 0.3) is 0 Å². The molecule has 2 aromatic rings. The molecular formula is C26H29Cl2F3N4O2S. The van der Waals surface area contributed by atoms with Gasteiger partial charge in [0.1, 0.15) is 6.54 Å². The van der Waals surface area contributed by atoms with E-state index in [9.17, 15) is 22.8 Å². The van der Waals surface area contributed by atoms with Crippen LogP contribution >= 0.6 is 35.1 Å². The summed E-state index contributed by atoms with van der Waals surface area (Å²) in [5, 5.41) is 6.40. The van der Waals surface area contributed by atoms with E-state index in [2.05, 4.69) is 10.6 Å². The van der Waals surface area contributed by atoms with E-state index >= 15 is 0 Å². The first kappa shape index (κ1) is 28.7. The molecule has 2 aliphatic rings. The predicted molar refractivity (Wildman–Crippen MR) is 145 cm³/mol.